The maximum Gasteiger partial charge on any atom is 0.135 e. The van der Waals surface area contributed by atoms with Crippen molar-refractivity contribution in [3.63, 3.8) is 0 Å². The molecule has 12 rings (SSSR count). The molecule has 2 atom stereocenters. The van der Waals surface area contributed by atoms with E-state index in [0.717, 1.165) is 34.8 Å². The van der Waals surface area contributed by atoms with Gasteiger partial charge in [0, 0.05) is 49.9 Å². The minimum atomic E-state index is 0.161. The summed E-state index contributed by atoms with van der Waals surface area (Å²) in [6.45, 7) is 0. The molecule has 0 amide bonds. The lowest BCUT2D eigenvalue weighted by atomic mass is 9.85. The minimum absolute atomic E-state index is 0.161. The molecule has 3 heterocycles. The standard InChI is InChI=1S/C52H36N2O/c1-2-12-36(13-3-1)53-46-20-7-4-14-40(46)42-27-24-33(31-49(42)53)34-25-28-43-41-15-5-8-21-47(41)54(50(43)32-34)48-22-11-18-38-37(17-10-19-39(38)48)35-26-29-52-45(30-35)44-16-6-9-23-51(44)55-52/h1-4,6-7,9-32,43,50H,5,8H2. The van der Waals surface area contributed by atoms with Gasteiger partial charge in [-0.15, -0.1) is 0 Å². The van der Waals surface area contributed by atoms with Gasteiger partial charge in [0.15, 0.2) is 0 Å². The highest BCUT2D eigenvalue weighted by atomic mass is 16.3. The van der Waals surface area contributed by atoms with Crippen molar-refractivity contribution in [1.29, 1.82) is 0 Å². The van der Waals surface area contributed by atoms with E-state index in [1.807, 2.05) is 12.1 Å². The molecule has 0 N–H and O–H groups in total. The monoisotopic (exact) mass is 704 g/mol. The molecule has 1 saturated heterocycles. The first-order valence-electron chi connectivity index (χ1n) is 19.4. The Bertz CT molecular complexity index is 3170. The fourth-order valence-electron chi connectivity index (χ4n) is 9.71. The highest BCUT2D eigenvalue weighted by molar-refractivity contribution is 6.11. The van der Waals surface area contributed by atoms with E-state index in [1.165, 1.54) is 77.5 Å². The Morgan fingerprint density at radius 1 is 0.527 bits per heavy atom. The van der Waals surface area contributed by atoms with E-state index in [9.17, 15) is 0 Å². The number of anilines is 1. The molecule has 3 heteroatoms. The third-order valence-electron chi connectivity index (χ3n) is 12.2. The number of fused-ring (bicyclic) bond motifs is 10. The number of hydrogen-bond acceptors (Lipinski definition) is 2. The molecule has 55 heavy (non-hydrogen) atoms. The van der Waals surface area contributed by atoms with Crippen molar-refractivity contribution in [3.8, 4) is 16.8 Å². The number of nitrogens with zero attached hydrogens (tertiary/aromatic N) is 2. The van der Waals surface area contributed by atoms with Crippen LogP contribution in [0.15, 0.2) is 198 Å². The van der Waals surface area contributed by atoms with Crippen LogP contribution in [0.3, 0.4) is 0 Å². The maximum atomic E-state index is 6.19. The van der Waals surface area contributed by atoms with E-state index >= 15 is 0 Å². The third-order valence-corrected chi connectivity index (χ3v) is 12.2. The van der Waals surface area contributed by atoms with E-state index < -0.39 is 0 Å². The molecule has 3 aliphatic rings. The predicted octanol–water partition coefficient (Wildman–Crippen LogP) is 13.6. The molecule has 1 aliphatic heterocycles. The van der Waals surface area contributed by atoms with Crippen LogP contribution < -0.4 is 4.90 Å². The van der Waals surface area contributed by atoms with Crippen LogP contribution in [0.1, 0.15) is 18.4 Å². The van der Waals surface area contributed by atoms with Crippen LogP contribution in [0.5, 0.6) is 0 Å². The summed E-state index contributed by atoms with van der Waals surface area (Å²) in [5, 5.41) is 7.38. The lowest BCUT2D eigenvalue weighted by Crippen LogP contribution is -2.31. The summed E-state index contributed by atoms with van der Waals surface area (Å²) in [4.78, 5) is 2.64. The zero-order valence-electron chi connectivity index (χ0n) is 30.2. The van der Waals surface area contributed by atoms with Gasteiger partial charge in [-0.2, -0.15) is 0 Å². The van der Waals surface area contributed by atoms with Crippen molar-refractivity contribution >= 4 is 65.8 Å². The van der Waals surface area contributed by atoms with E-state index in [1.54, 1.807) is 0 Å². The maximum absolute atomic E-state index is 6.19. The van der Waals surface area contributed by atoms with Gasteiger partial charge in [0.2, 0.25) is 0 Å². The molecule has 0 bridgehead atoms. The lowest BCUT2D eigenvalue weighted by molar-refractivity contribution is 0.669. The summed E-state index contributed by atoms with van der Waals surface area (Å²) in [5.74, 6) is 0.296. The number of aromatic nitrogens is 1. The van der Waals surface area contributed by atoms with Gasteiger partial charge in [-0.05, 0) is 94.6 Å². The van der Waals surface area contributed by atoms with Gasteiger partial charge in [-0.25, -0.2) is 0 Å². The van der Waals surface area contributed by atoms with Gasteiger partial charge in [0.05, 0.1) is 17.1 Å². The fourth-order valence-corrected chi connectivity index (χ4v) is 9.71. The number of allylic oxidation sites excluding steroid dienone is 5. The Morgan fingerprint density at radius 3 is 2.22 bits per heavy atom. The second-order valence-corrected chi connectivity index (χ2v) is 15.1. The Kier molecular flexibility index (Phi) is 6.58. The Morgan fingerprint density at radius 2 is 1.27 bits per heavy atom. The molecule has 3 nitrogen and oxygen atoms in total. The molecule has 9 aromatic rings. The second kappa shape index (κ2) is 11.8. The van der Waals surface area contributed by atoms with Crippen LogP contribution in [-0.2, 0) is 0 Å². The molecule has 7 aromatic carbocycles. The first-order valence-corrected chi connectivity index (χ1v) is 19.4. The van der Waals surface area contributed by atoms with Crippen molar-refractivity contribution in [2.24, 2.45) is 5.92 Å². The van der Waals surface area contributed by atoms with Crippen LogP contribution in [0.4, 0.5) is 5.69 Å². The van der Waals surface area contributed by atoms with Gasteiger partial charge >= 0.3 is 0 Å². The van der Waals surface area contributed by atoms with E-state index in [-0.39, 0.29) is 6.04 Å². The number of rotatable bonds is 4. The van der Waals surface area contributed by atoms with Crippen LogP contribution in [0.25, 0.3) is 76.9 Å². The molecule has 0 spiro atoms. The summed E-state index contributed by atoms with van der Waals surface area (Å²) in [7, 11) is 0. The van der Waals surface area contributed by atoms with Gasteiger partial charge in [0.25, 0.3) is 0 Å². The number of para-hydroxylation sites is 3. The van der Waals surface area contributed by atoms with Crippen molar-refractivity contribution in [3.05, 3.63) is 199 Å². The normalized spacial score (nSPS) is 17.9. The molecule has 0 radical (unpaired) electrons. The zero-order valence-corrected chi connectivity index (χ0v) is 30.2. The number of benzene rings is 7. The van der Waals surface area contributed by atoms with Crippen LogP contribution in [0, 0.1) is 5.92 Å². The largest absolute Gasteiger partial charge is 0.456 e. The topological polar surface area (TPSA) is 21.3 Å². The second-order valence-electron chi connectivity index (χ2n) is 15.1. The first-order chi connectivity index (χ1) is 27.3. The van der Waals surface area contributed by atoms with E-state index in [4.69, 9.17) is 4.42 Å². The number of furan rings is 1. The average Bonchev–Trinajstić information content (AvgIpc) is 3.90. The highest BCUT2D eigenvalue weighted by Gasteiger charge is 2.42. The Hall–Kier alpha value is -6.84. The Labute approximate surface area is 319 Å². The lowest BCUT2D eigenvalue weighted by Gasteiger charge is -2.31. The average molecular weight is 705 g/mol. The molecule has 0 saturated carbocycles. The third kappa shape index (κ3) is 4.56. The minimum Gasteiger partial charge on any atom is -0.456 e. The zero-order chi connectivity index (χ0) is 36.0. The molecular weight excluding hydrogens is 669 g/mol. The first kappa shape index (κ1) is 30.6. The quantitative estimate of drug-likeness (QED) is 0.182. The van der Waals surface area contributed by atoms with Crippen LogP contribution >= 0.6 is 0 Å². The van der Waals surface area contributed by atoms with Crippen LogP contribution in [-0.4, -0.2) is 10.6 Å². The van der Waals surface area contributed by atoms with E-state index in [2.05, 4.69) is 179 Å². The molecule has 1 fully saturated rings. The summed E-state index contributed by atoms with van der Waals surface area (Å²) in [6.07, 6.45) is 14.5. The van der Waals surface area contributed by atoms with Crippen LogP contribution in [0.2, 0.25) is 0 Å². The van der Waals surface area contributed by atoms with Gasteiger partial charge in [-0.3, -0.25) is 0 Å². The molecule has 2 unspecified atom stereocenters. The van der Waals surface area contributed by atoms with Crippen molar-refractivity contribution < 1.29 is 4.42 Å². The van der Waals surface area contributed by atoms with Gasteiger partial charge in [-0.1, -0.05) is 134 Å². The summed E-state index contributed by atoms with van der Waals surface area (Å²) in [5.41, 5.74) is 14.5. The predicted molar refractivity (Wildman–Crippen MR) is 230 cm³/mol. The highest BCUT2D eigenvalue weighted by Crippen LogP contribution is 2.50. The number of hydrogen-bond donors (Lipinski definition) is 0. The van der Waals surface area contributed by atoms with Crippen molar-refractivity contribution in [1.82, 2.24) is 4.57 Å². The van der Waals surface area contributed by atoms with E-state index in [0.29, 0.717) is 5.92 Å². The van der Waals surface area contributed by atoms with Gasteiger partial charge in [0.1, 0.15) is 11.2 Å². The fraction of sp³-hybridized carbons (Fsp3) is 0.0769. The molecule has 2 aliphatic carbocycles. The summed E-state index contributed by atoms with van der Waals surface area (Å²) >= 11 is 0. The van der Waals surface area contributed by atoms with Gasteiger partial charge < -0.3 is 13.9 Å². The molecular formula is C52H36N2O. The summed E-state index contributed by atoms with van der Waals surface area (Å²) < 4.78 is 8.60. The summed E-state index contributed by atoms with van der Waals surface area (Å²) in [6, 6.07) is 55.3. The SMILES string of the molecule is C1=CC2C3=CCCC=C3N(c3cccc4c(-c5ccc6oc7ccccc7c6c5)cccc34)C2C=C1c1ccc2c3ccccc3n(-c3ccccc3)c2c1. The van der Waals surface area contributed by atoms with Crippen molar-refractivity contribution in [2.75, 3.05) is 4.90 Å². The molecule has 2 aromatic heterocycles. The van der Waals surface area contributed by atoms with Crippen molar-refractivity contribution in [2.45, 2.75) is 18.9 Å². The smallest absolute Gasteiger partial charge is 0.135 e. The Balaban J connectivity index is 1.00. The molecule has 260 valence electrons.